The predicted molar refractivity (Wildman–Crippen MR) is 188 cm³/mol. The lowest BCUT2D eigenvalue weighted by Crippen LogP contribution is -2.55. The Kier molecular flexibility index (Phi) is 10.8. The molecule has 260 valence electrons. The van der Waals surface area contributed by atoms with Crippen LogP contribution in [0.2, 0.25) is 0 Å². The Morgan fingerprint density at radius 1 is 0.939 bits per heavy atom. The van der Waals surface area contributed by atoms with Crippen LogP contribution in [0.5, 0.6) is 17.2 Å². The van der Waals surface area contributed by atoms with Crippen molar-refractivity contribution < 1.29 is 28.6 Å². The number of likely N-dealkylation sites (N-methyl/N-ethyl adjacent to an activating group) is 1. The van der Waals surface area contributed by atoms with Crippen molar-refractivity contribution in [3.05, 3.63) is 81.0 Å². The topological polar surface area (TPSA) is 135 Å². The second kappa shape index (κ2) is 15.0. The Balaban J connectivity index is 1.62. The minimum absolute atomic E-state index is 0.101. The first-order chi connectivity index (χ1) is 23.5. The van der Waals surface area contributed by atoms with Crippen LogP contribution in [0.15, 0.2) is 53.3 Å². The van der Waals surface area contributed by atoms with Gasteiger partial charge in [0.25, 0.3) is 0 Å². The van der Waals surface area contributed by atoms with Gasteiger partial charge in [0.2, 0.25) is 28.9 Å². The zero-order valence-electron chi connectivity index (χ0n) is 29.3. The van der Waals surface area contributed by atoms with Crippen LogP contribution in [0.4, 0.5) is 5.69 Å². The second-order valence-corrected chi connectivity index (χ2v) is 13.0. The molecule has 3 aromatic rings. The molecule has 0 bridgehead atoms. The molecule has 49 heavy (non-hydrogen) atoms. The van der Waals surface area contributed by atoms with E-state index in [9.17, 15) is 19.2 Å². The SMILES string of the molecule is CNC(=O)C1Cc2ccccc2CN1C(=O)C(CC(C)C)Nc1ccc2c(cc1=O)C(NC(C)=O)CCc1cc(OC)c(OC)c(OC)c1-2. The molecule has 0 radical (unpaired) electrons. The van der Waals surface area contributed by atoms with Gasteiger partial charge in [-0.1, -0.05) is 44.2 Å². The van der Waals surface area contributed by atoms with Crippen LogP contribution >= 0.6 is 0 Å². The van der Waals surface area contributed by atoms with Gasteiger partial charge < -0.3 is 35.1 Å². The first kappa shape index (κ1) is 35.3. The van der Waals surface area contributed by atoms with Crippen LogP contribution in [0, 0.1) is 5.92 Å². The van der Waals surface area contributed by atoms with E-state index in [1.54, 1.807) is 32.2 Å². The van der Waals surface area contributed by atoms with E-state index in [4.69, 9.17) is 14.2 Å². The van der Waals surface area contributed by atoms with Gasteiger partial charge in [-0.2, -0.15) is 0 Å². The van der Waals surface area contributed by atoms with E-state index in [1.165, 1.54) is 20.1 Å². The van der Waals surface area contributed by atoms with Crippen LogP contribution in [-0.4, -0.2) is 63.1 Å². The number of carbonyl (C=O) groups is 3. The highest BCUT2D eigenvalue weighted by atomic mass is 16.5. The molecule has 0 fully saturated rings. The summed E-state index contributed by atoms with van der Waals surface area (Å²) in [5.74, 6) is 0.750. The second-order valence-electron chi connectivity index (χ2n) is 13.0. The third-order valence-corrected chi connectivity index (χ3v) is 9.33. The van der Waals surface area contributed by atoms with Crippen LogP contribution in [-0.2, 0) is 33.8 Å². The first-order valence-electron chi connectivity index (χ1n) is 16.6. The maximum Gasteiger partial charge on any atom is 0.246 e. The molecule has 3 amide bonds. The van der Waals surface area contributed by atoms with Crippen molar-refractivity contribution in [3.8, 4) is 28.4 Å². The Morgan fingerprint density at radius 2 is 1.65 bits per heavy atom. The van der Waals surface area contributed by atoms with E-state index < -0.39 is 18.1 Å². The van der Waals surface area contributed by atoms with Crippen molar-refractivity contribution >= 4 is 23.4 Å². The molecule has 0 saturated heterocycles. The number of benzene rings is 2. The summed E-state index contributed by atoms with van der Waals surface area (Å²) < 4.78 is 17.2. The molecule has 5 rings (SSSR count). The lowest BCUT2D eigenvalue weighted by molar-refractivity contribution is -0.142. The number of aryl methyl sites for hydroxylation is 1. The van der Waals surface area contributed by atoms with Gasteiger partial charge >= 0.3 is 0 Å². The molecule has 1 heterocycles. The summed E-state index contributed by atoms with van der Waals surface area (Å²) in [5.41, 5.74) is 4.87. The lowest BCUT2D eigenvalue weighted by atomic mass is 9.92. The molecule has 3 aromatic carbocycles. The summed E-state index contributed by atoms with van der Waals surface area (Å²) in [6, 6.07) is 12.8. The zero-order chi connectivity index (χ0) is 35.4. The summed E-state index contributed by atoms with van der Waals surface area (Å²) in [5, 5.41) is 9.03. The first-order valence-corrected chi connectivity index (χ1v) is 16.6. The van der Waals surface area contributed by atoms with Crippen molar-refractivity contribution in [3.63, 3.8) is 0 Å². The Morgan fingerprint density at radius 3 is 2.29 bits per heavy atom. The van der Waals surface area contributed by atoms with Crippen molar-refractivity contribution in [2.24, 2.45) is 5.92 Å². The number of fused-ring (bicyclic) bond motifs is 4. The standard InChI is InChI=1S/C38H46N4O7/c1-21(2)16-30(38(46)42-20-25-11-9-8-10-23(25)17-31(42)37(45)39-4)41-29-15-13-26-27(19-32(29)44)28(40-22(3)43)14-12-24-18-33(47-5)35(48-6)36(49-7)34(24)26/h8-11,13,15,18-19,21,28,30-31H,12,14,16-17,20H2,1-7H3,(H,39,45)(H,40,43)(H,41,44). The summed E-state index contributed by atoms with van der Waals surface area (Å²) in [6.45, 7) is 5.76. The molecule has 11 nitrogen and oxygen atoms in total. The molecule has 0 spiro atoms. The molecule has 2 aliphatic rings. The van der Waals surface area contributed by atoms with Gasteiger partial charge in [-0.3, -0.25) is 19.2 Å². The molecule has 0 aromatic heterocycles. The van der Waals surface area contributed by atoms with E-state index in [-0.39, 0.29) is 41.3 Å². The fourth-order valence-electron chi connectivity index (χ4n) is 7.06. The van der Waals surface area contributed by atoms with Gasteiger partial charge in [0.15, 0.2) is 11.5 Å². The minimum Gasteiger partial charge on any atom is -0.493 e. The van der Waals surface area contributed by atoms with Crippen LogP contribution < -0.4 is 35.6 Å². The van der Waals surface area contributed by atoms with Gasteiger partial charge in [-0.05, 0) is 71.2 Å². The number of methoxy groups -OCH3 is 3. The minimum atomic E-state index is -0.787. The predicted octanol–water partition coefficient (Wildman–Crippen LogP) is 4.39. The number of rotatable bonds is 10. The lowest BCUT2D eigenvalue weighted by Gasteiger charge is -2.38. The number of anilines is 1. The molecular formula is C38H46N4O7. The van der Waals surface area contributed by atoms with Crippen molar-refractivity contribution in [2.45, 2.75) is 71.1 Å². The van der Waals surface area contributed by atoms with E-state index in [0.29, 0.717) is 54.1 Å². The smallest absolute Gasteiger partial charge is 0.246 e. The van der Waals surface area contributed by atoms with Crippen molar-refractivity contribution in [1.29, 1.82) is 0 Å². The van der Waals surface area contributed by atoms with Gasteiger partial charge in [0.05, 0.1) is 33.1 Å². The monoisotopic (exact) mass is 670 g/mol. The maximum absolute atomic E-state index is 14.4. The van der Waals surface area contributed by atoms with Crippen molar-refractivity contribution in [2.75, 3.05) is 33.7 Å². The van der Waals surface area contributed by atoms with Crippen LogP contribution in [0.1, 0.15) is 61.9 Å². The number of nitrogens with zero attached hydrogens (tertiary/aromatic N) is 1. The van der Waals surface area contributed by atoms with Crippen LogP contribution in [0.3, 0.4) is 0 Å². The van der Waals surface area contributed by atoms with E-state index in [1.807, 2.05) is 50.2 Å². The summed E-state index contributed by atoms with van der Waals surface area (Å²) >= 11 is 0. The van der Waals surface area contributed by atoms with Gasteiger partial charge in [-0.15, -0.1) is 0 Å². The summed E-state index contributed by atoms with van der Waals surface area (Å²) in [7, 11) is 6.22. The third kappa shape index (κ3) is 7.21. The molecule has 1 aliphatic heterocycles. The molecule has 1 aliphatic carbocycles. The Labute approximate surface area is 287 Å². The number of hydrogen-bond acceptors (Lipinski definition) is 8. The summed E-state index contributed by atoms with van der Waals surface area (Å²) in [4.78, 5) is 55.6. The van der Waals surface area contributed by atoms with Gasteiger partial charge in [0, 0.05) is 32.5 Å². The highest BCUT2D eigenvalue weighted by molar-refractivity contribution is 5.92. The molecular weight excluding hydrogens is 624 g/mol. The molecule has 0 saturated carbocycles. The molecule has 11 heteroatoms. The molecule has 3 atom stereocenters. The number of hydrogen-bond donors (Lipinski definition) is 3. The number of carbonyl (C=O) groups excluding carboxylic acids is 3. The highest BCUT2D eigenvalue weighted by Crippen LogP contribution is 2.50. The maximum atomic E-state index is 14.4. The largest absolute Gasteiger partial charge is 0.493 e. The average Bonchev–Trinajstić information content (AvgIpc) is 3.33. The third-order valence-electron chi connectivity index (χ3n) is 9.33. The van der Waals surface area contributed by atoms with Crippen LogP contribution in [0.25, 0.3) is 11.1 Å². The fraction of sp³-hybridized carbons (Fsp3) is 0.421. The quantitative estimate of drug-likeness (QED) is 0.289. The number of nitrogens with one attached hydrogen (secondary N) is 3. The average molecular weight is 671 g/mol. The van der Waals surface area contributed by atoms with E-state index in [2.05, 4.69) is 16.0 Å². The van der Waals surface area contributed by atoms with Gasteiger partial charge in [-0.25, -0.2) is 0 Å². The number of amides is 3. The Bertz CT molecular complexity index is 1810. The normalized spacial score (nSPS) is 17.0. The van der Waals surface area contributed by atoms with Gasteiger partial charge in [0.1, 0.15) is 12.1 Å². The summed E-state index contributed by atoms with van der Waals surface area (Å²) in [6.07, 6.45) is 1.93. The van der Waals surface area contributed by atoms with Crippen molar-refractivity contribution in [1.82, 2.24) is 15.5 Å². The van der Waals surface area contributed by atoms with E-state index in [0.717, 1.165) is 22.3 Å². The number of ether oxygens (including phenoxy) is 3. The van der Waals surface area contributed by atoms with E-state index >= 15 is 0 Å². The highest BCUT2D eigenvalue weighted by Gasteiger charge is 2.38. The molecule has 3 N–H and O–H groups in total. The fourth-order valence-corrected chi connectivity index (χ4v) is 7.06. The Hall–Kier alpha value is -5.06. The molecule has 3 unspecified atom stereocenters. The zero-order valence-corrected chi connectivity index (χ0v) is 29.3.